The molecule has 104 valence electrons. The van der Waals surface area contributed by atoms with E-state index >= 15 is 0 Å². The molecule has 0 radical (unpaired) electrons. The van der Waals surface area contributed by atoms with E-state index in [0.29, 0.717) is 29.3 Å². The third-order valence-electron chi connectivity index (χ3n) is 2.68. The van der Waals surface area contributed by atoms with Crippen LogP contribution >= 0.6 is 0 Å². The van der Waals surface area contributed by atoms with Crippen molar-refractivity contribution in [2.75, 3.05) is 19.8 Å². The summed E-state index contributed by atoms with van der Waals surface area (Å²) < 4.78 is 10.6. The molecular weight excluding hydrogens is 262 g/mol. The maximum atomic E-state index is 11.4. The summed E-state index contributed by atoms with van der Waals surface area (Å²) in [6.45, 7) is 0.386. The molecule has 0 spiro atoms. The lowest BCUT2D eigenvalue weighted by atomic mass is 10.1. The van der Waals surface area contributed by atoms with Crippen molar-refractivity contribution in [3.63, 3.8) is 0 Å². The quantitative estimate of drug-likeness (QED) is 0.467. The largest absolute Gasteiger partial charge is 0.486 e. The van der Waals surface area contributed by atoms with Gasteiger partial charge < -0.3 is 20.0 Å². The molecule has 1 amide bonds. The maximum Gasteiger partial charge on any atom is 0.257 e. The van der Waals surface area contributed by atoms with Crippen LogP contribution in [0.4, 0.5) is 0 Å². The predicted molar refractivity (Wildman–Crippen MR) is 69.0 cm³/mol. The van der Waals surface area contributed by atoms with Gasteiger partial charge in [-0.2, -0.15) is 5.26 Å². The molecule has 2 N–H and O–H groups in total. The Morgan fingerprint density at radius 3 is 3.20 bits per heavy atom. The zero-order valence-corrected chi connectivity index (χ0v) is 10.6. The van der Waals surface area contributed by atoms with E-state index < -0.39 is 0 Å². The second-order valence-corrected chi connectivity index (χ2v) is 4.04. The minimum absolute atomic E-state index is 0.134. The van der Waals surface area contributed by atoms with Crippen molar-refractivity contribution < 1.29 is 19.5 Å². The zero-order chi connectivity index (χ0) is 14.4. The maximum absolute atomic E-state index is 11.4. The topological polar surface area (TPSA) is 104 Å². The van der Waals surface area contributed by atoms with Crippen LogP contribution in [0.5, 0.6) is 11.5 Å². The van der Waals surface area contributed by atoms with E-state index in [4.69, 9.17) is 19.9 Å². The summed E-state index contributed by atoms with van der Waals surface area (Å²) in [5.41, 5.74) is 1.17. The van der Waals surface area contributed by atoms with Gasteiger partial charge in [0.1, 0.15) is 23.8 Å². The molecule has 1 aliphatic rings. The van der Waals surface area contributed by atoms with Crippen molar-refractivity contribution in [1.82, 2.24) is 5.32 Å². The van der Waals surface area contributed by atoms with Gasteiger partial charge in [-0.1, -0.05) is 5.16 Å². The number of nitrogens with one attached hydrogen (secondary N) is 1. The molecule has 0 aromatic heterocycles. The van der Waals surface area contributed by atoms with Crippen molar-refractivity contribution in [2.45, 2.75) is 6.42 Å². The number of benzene rings is 1. The number of carbonyl (C=O) groups excluding carboxylic acids is 1. The van der Waals surface area contributed by atoms with Crippen molar-refractivity contribution in [3.05, 3.63) is 23.8 Å². The third-order valence-corrected chi connectivity index (χ3v) is 2.68. The minimum atomic E-state index is -0.292. The molecule has 0 fully saturated rings. The average molecular weight is 275 g/mol. The molecule has 7 nitrogen and oxygen atoms in total. The standard InChI is InChI=1S/C13H13N3O4/c14-4-1-5-15-13(17)8-19-9-2-3-10-11(16-18)7-20-12(10)6-9/h2-3,6,18H,1,5,7-8H2,(H,15,17). The van der Waals surface area contributed by atoms with Crippen LogP contribution in [-0.2, 0) is 4.79 Å². The average Bonchev–Trinajstić information content (AvgIpc) is 2.87. The number of fused-ring (bicyclic) bond motifs is 1. The minimum Gasteiger partial charge on any atom is -0.486 e. The Labute approximate surface area is 115 Å². The van der Waals surface area contributed by atoms with Gasteiger partial charge in [0.05, 0.1) is 12.5 Å². The number of carbonyl (C=O) groups is 1. The van der Waals surface area contributed by atoms with Crippen molar-refractivity contribution in [3.8, 4) is 17.6 Å². The first-order valence-corrected chi connectivity index (χ1v) is 5.99. The first-order chi connectivity index (χ1) is 9.74. The van der Waals surface area contributed by atoms with E-state index in [9.17, 15) is 4.79 Å². The van der Waals surface area contributed by atoms with Crippen LogP contribution < -0.4 is 14.8 Å². The second kappa shape index (κ2) is 6.43. The molecule has 1 aromatic carbocycles. The van der Waals surface area contributed by atoms with Gasteiger partial charge in [0.15, 0.2) is 6.61 Å². The Bertz CT molecular complexity index is 577. The molecule has 0 atom stereocenters. The molecule has 2 rings (SSSR count). The first kappa shape index (κ1) is 13.7. The van der Waals surface area contributed by atoms with Gasteiger partial charge in [-0.25, -0.2) is 0 Å². The fourth-order valence-electron chi connectivity index (χ4n) is 1.71. The Hall–Kier alpha value is -2.75. The van der Waals surface area contributed by atoms with Gasteiger partial charge in [-0.3, -0.25) is 4.79 Å². The molecule has 1 heterocycles. The molecule has 0 saturated carbocycles. The summed E-state index contributed by atoms with van der Waals surface area (Å²) in [5.74, 6) is 0.748. The van der Waals surface area contributed by atoms with E-state index in [-0.39, 0.29) is 25.5 Å². The number of nitrogens with zero attached hydrogens (tertiary/aromatic N) is 2. The van der Waals surface area contributed by atoms with Crippen LogP contribution in [0.25, 0.3) is 0 Å². The van der Waals surface area contributed by atoms with Gasteiger partial charge in [-0.05, 0) is 12.1 Å². The number of amides is 1. The Kier molecular flexibility index (Phi) is 4.39. The fraction of sp³-hybridized carbons (Fsp3) is 0.308. The number of oxime groups is 1. The summed E-state index contributed by atoms with van der Waals surface area (Å²) in [7, 11) is 0. The molecule has 7 heteroatoms. The predicted octanol–water partition coefficient (Wildman–Crippen LogP) is 0.666. The number of hydrogen-bond acceptors (Lipinski definition) is 6. The lowest BCUT2D eigenvalue weighted by molar-refractivity contribution is -0.123. The SMILES string of the molecule is N#CCCNC(=O)COc1ccc2c(c1)OCC2=NO. The van der Waals surface area contributed by atoms with E-state index in [1.54, 1.807) is 18.2 Å². The summed E-state index contributed by atoms with van der Waals surface area (Å²) in [5, 5.41) is 22.8. The third kappa shape index (κ3) is 3.17. The van der Waals surface area contributed by atoms with E-state index in [1.165, 1.54) is 0 Å². The van der Waals surface area contributed by atoms with Crippen LogP contribution in [0.15, 0.2) is 23.4 Å². The highest BCUT2D eigenvalue weighted by atomic mass is 16.5. The van der Waals surface area contributed by atoms with Gasteiger partial charge in [0.25, 0.3) is 5.91 Å². The first-order valence-electron chi connectivity index (χ1n) is 5.99. The summed E-state index contributed by atoms with van der Waals surface area (Å²) >= 11 is 0. The molecule has 0 unspecified atom stereocenters. The molecule has 0 bridgehead atoms. The van der Waals surface area contributed by atoms with E-state index in [0.717, 1.165) is 0 Å². The van der Waals surface area contributed by atoms with Crippen LogP contribution in [0.2, 0.25) is 0 Å². The number of nitriles is 1. The fourth-order valence-corrected chi connectivity index (χ4v) is 1.71. The van der Waals surface area contributed by atoms with Gasteiger partial charge in [0, 0.05) is 18.2 Å². The summed E-state index contributed by atoms with van der Waals surface area (Å²) in [6.07, 6.45) is 0.266. The smallest absolute Gasteiger partial charge is 0.257 e. The zero-order valence-electron chi connectivity index (χ0n) is 10.6. The van der Waals surface area contributed by atoms with Crippen LogP contribution in [0.1, 0.15) is 12.0 Å². The summed E-state index contributed by atoms with van der Waals surface area (Å²) in [4.78, 5) is 11.4. The highest BCUT2D eigenvalue weighted by Crippen LogP contribution is 2.29. The van der Waals surface area contributed by atoms with Crippen LogP contribution in [-0.4, -0.2) is 36.6 Å². The van der Waals surface area contributed by atoms with E-state index in [1.807, 2.05) is 6.07 Å². The lowest BCUT2D eigenvalue weighted by Gasteiger charge is -2.07. The number of rotatable bonds is 5. The molecule has 0 saturated heterocycles. The Balaban J connectivity index is 1.89. The summed E-state index contributed by atoms with van der Waals surface area (Å²) in [6, 6.07) is 6.94. The normalized spacial score (nSPS) is 14.2. The molecule has 1 aliphatic heterocycles. The van der Waals surface area contributed by atoms with Crippen LogP contribution in [0, 0.1) is 11.3 Å². The Morgan fingerprint density at radius 1 is 1.60 bits per heavy atom. The number of hydrogen-bond donors (Lipinski definition) is 2. The highest BCUT2D eigenvalue weighted by molar-refractivity contribution is 6.06. The molecule has 20 heavy (non-hydrogen) atoms. The number of ether oxygens (including phenoxy) is 2. The lowest BCUT2D eigenvalue weighted by Crippen LogP contribution is -2.29. The molecule has 0 aliphatic carbocycles. The van der Waals surface area contributed by atoms with Crippen molar-refractivity contribution >= 4 is 11.6 Å². The Morgan fingerprint density at radius 2 is 2.45 bits per heavy atom. The van der Waals surface area contributed by atoms with Gasteiger partial charge >= 0.3 is 0 Å². The van der Waals surface area contributed by atoms with Crippen LogP contribution in [0.3, 0.4) is 0 Å². The van der Waals surface area contributed by atoms with E-state index in [2.05, 4.69) is 10.5 Å². The van der Waals surface area contributed by atoms with Crippen molar-refractivity contribution in [2.24, 2.45) is 5.16 Å². The molecular formula is C13H13N3O4. The van der Waals surface area contributed by atoms with Crippen molar-refractivity contribution in [1.29, 1.82) is 5.26 Å². The highest BCUT2D eigenvalue weighted by Gasteiger charge is 2.20. The molecule has 1 aromatic rings. The second-order valence-electron chi connectivity index (χ2n) is 4.04. The monoisotopic (exact) mass is 275 g/mol. The van der Waals surface area contributed by atoms with Gasteiger partial charge in [-0.15, -0.1) is 0 Å². The van der Waals surface area contributed by atoms with Gasteiger partial charge in [0.2, 0.25) is 0 Å².